The van der Waals surface area contributed by atoms with E-state index in [0.717, 1.165) is 28.9 Å². The van der Waals surface area contributed by atoms with Gasteiger partial charge in [-0.3, -0.25) is 4.98 Å². The molecule has 0 saturated heterocycles. The Bertz CT molecular complexity index is 759. The average Bonchev–Trinajstić information content (AvgIpc) is 2.48. The Labute approximate surface area is 114 Å². The maximum atomic E-state index is 13.1. The average molecular weight is 271 g/mol. The van der Waals surface area contributed by atoms with Crippen LogP contribution in [0, 0.1) is 11.6 Å². The molecule has 0 saturated carbocycles. The maximum Gasteiger partial charge on any atom is 0.160 e. The number of nitrogens with zero attached hydrogens (tertiary/aromatic N) is 2. The Morgan fingerprint density at radius 3 is 2.55 bits per heavy atom. The summed E-state index contributed by atoms with van der Waals surface area (Å²) in [5, 5.41) is 2.98. The molecule has 0 spiro atoms. The fourth-order valence-electron chi connectivity index (χ4n) is 1.88. The number of rotatable bonds is 3. The number of fused-ring (bicyclic) bond motifs is 1. The monoisotopic (exact) mass is 271 g/mol. The fourth-order valence-corrected chi connectivity index (χ4v) is 1.88. The van der Waals surface area contributed by atoms with Gasteiger partial charge in [-0.1, -0.05) is 12.1 Å². The molecule has 1 N–H and O–H groups in total. The Kier molecular flexibility index (Phi) is 3.25. The molecule has 3 rings (SSSR count). The summed E-state index contributed by atoms with van der Waals surface area (Å²) in [5.74, 6) is -1.74. The summed E-state index contributed by atoms with van der Waals surface area (Å²) >= 11 is 0. The molecule has 0 aliphatic carbocycles. The van der Waals surface area contributed by atoms with Crippen molar-refractivity contribution in [3.63, 3.8) is 0 Å². The van der Waals surface area contributed by atoms with Gasteiger partial charge in [-0.05, 0) is 24.3 Å². The van der Waals surface area contributed by atoms with Gasteiger partial charge in [-0.15, -0.1) is 0 Å². The molecule has 20 heavy (non-hydrogen) atoms. The number of hydrogen-bond acceptors (Lipinski definition) is 3. The zero-order valence-electron chi connectivity index (χ0n) is 10.5. The predicted molar refractivity (Wildman–Crippen MR) is 73.2 cm³/mol. The number of hydrogen-bond donors (Lipinski definition) is 1. The van der Waals surface area contributed by atoms with Gasteiger partial charge in [-0.2, -0.15) is 0 Å². The van der Waals surface area contributed by atoms with Crippen LogP contribution in [0.15, 0.2) is 48.7 Å². The zero-order valence-corrected chi connectivity index (χ0v) is 10.5. The highest BCUT2D eigenvalue weighted by Gasteiger charge is 2.03. The predicted octanol–water partition coefficient (Wildman–Crippen LogP) is 3.52. The highest BCUT2D eigenvalue weighted by molar-refractivity contribution is 5.73. The van der Waals surface area contributed by atoms with Gasteiger partial charge >= 0.3 is 0 Å². The maximum absolute atomic E-state index is 13.1. The van der Waals surface area contributed by atoms with Gasteiger partial charge in [0.1, 0.15) is 0 Å². The molecule has 3 nitrogen and oxygen atoms in total. The number of halogens is 2. The molecule has 0 atom stereocenters. The van der Waals surface area contributed by atoms with Crippen LogP contribution >= 0.6 is 0 Å². The highest BCUT2D eigenvalue weighted by Crippen LogP contribution is 2.14. The van der Waals surface area contributed by atoms with E-state index < -0.39 is 11.6 Å². The van der Waals surface area contributed by atoms with Gasteiger partial charge < -0.3 is 5.32 Å². The fraction of sp³-hybridized carbons (Fsp3) is 0.0667. The third-order valence-electron chi connectivity index (χ3n) is 2.89. The van der Waals surface area contributed by atoms with Crippen LogP contribution in [0.25, 0.3) is 11.0 Å². The molecule has 0 aliphatic heterocycles. The van der Waals surface area contributed by atoms with Crippen molar-refractivity contribution in [2.45, 2.75) is 6.54 Å². The molecule has 5 heteroatoms. The van der Waals surface area contributed by atoms with Gasteiger partial charge in [0.05, 0.1) is 29.5 Å². The van der Waals surface area contributed by atoms with Crippen molar-refractivity contribution in [2.75, 3.05) is 5.32 Å². The van der Waals surface area contributed by atoms with Crippen LogP contribution in [0.1, 0.15) is 5.69 Å². The van der Waals surface area contributed by atoms with Crippen LogP contribution in [0.3, 0.4) is 0 Å². The van der Waals surface area contributed by atoms with Crippen molar-refractivity contribution in [1.82, 2.24) is 9.97 Å². The summed E-state index contributed by atoms with van der Waals surface area (Å²) in [6.45, 7) is 0.392. The van der Waals surface area contributed by atoms with Crippen LogP contribution < -0.4 is 5.32 Å². The second kappa shape index (κ2) is 5.21. The van der Waals surface area contributed by atoms with E-state index in [1.165, 1.54) is 6.07 Å². The molecule has 1 aromatic heterocycles. The number of benzene rings is 2. The minimum atomic E-state index is -0.875. The van der Waals surface area contributed by atoms with E-state index >= 15 is 0 Å². The Hall–Kier alpha value is -2.56. The summed E-state index contributed by atoms with van der Waals surface area (Å²) in [5.41, 5.74) is 2.86. The van der Waals surface area contributed by atoms with Crippen molar-refractivity contribution in [1.29, 1.82) is 0 Å². The minimum absolute atomic E-state index is 0.392. The van der Waals surface area contributed by atoms with Gasteiger partial charge in [0.25, 0.3) is 0 Å². The van der Waals surface area contributed by atoms with Crippen molar-refractivity contribution in [2.24, 2.45) is 0 Å². The van der Waals surface area contributed by atoms with Gasteiger partial charge in [0, 0.05) is 11.8 Å². The van der Waals surface area contributed by atoms with E-state index in [0.29, 0.717) is 12.2 Å². The molecule has 0 amide bonds. The van der Waals surface area contributed by atoms with Gasteiger partial charge in [0.15, 0.2) is 11.6 Å². The van der Waals surface area contributed by atoms with Crippen molar-refractivity contribution >= 4 is 16.7 Å². The molecule has 0 fully saturated rings. The van der Waals surface area contributed by atoms with Gasteiger partial charge in [-0.25, -0.2) is 13.8 Å². The van der Waals surface area contributed by atoms with E-state index in [2.05, 4.69) is 15.3 Å². The second-order valence-electron chi connectivity index (χ2n) is 4.33. The standard InChI is InChI=1S/C15H11F2N3/c16-12-6-5-10(7-13(12)17)18-8-11-9-19-14-3-1-2-4-15(14)20-11/h1-7,9,18H,8H2. The lowest BCUT2D eigenvalue weighted by molar-refractivity contribution is 0.509. The first-order valence-electron chi connectivity index (χ1n) is 6.12. The Morgan fingerprint density at radius 1 is 0.950 bits per heavy atom. The molecular weight excluding hydrogens is 260 g/mol. The first kappa shape index (κ1) is 12.5. The lowest BCUT2D eigenvalue weighted by Gasteiger charge is -2.07. The molecular formula is C15H11F2N3. The van der Waals surface area contributed by atoms with E-state index in [1.54, 1.807) is 6.20 Å². The molecule has 0 aliphatic rings. The highest BCUT2D eigenvalue weighted by atomic mass is 19.2. The number of para-hydroxylation sites is 2. The zero-order chi connectivity index (χ0) is 13.9. The molecule has 1 heterocycles. The minimum Gasteiger partial charge on any atom is -0.379 e. The number of anilines is 1. The van der Waals surface area contributed by atoms with Crippen molar-refractivity contribution in [3.05, 3.63) is 66.0 Å². The molecule has 100 valence electrons. The first-order chi connectivity index (χ1) is 9.72. The van der Waals surface area contributed by atoms with E-state index in [9.17, 15) is 8.78 Å². The summed E-state index contributed by atoms with van der Waals surface area (Å²) in [6.07, 6.45) is 1.66. The smallest absolute Gasteiger partial charge is 0.160 e. The summed E-state index contributed by atoms with van der Waals surface area (Å²) in [4.78, 5) is 8.73. The van der Waals surface area contributed by atoms with Crippen LogP contribution in [0.5, 0.6) is 0 Å². The Morgan fingerprint density at radius 2 is 1.75 bits per heavy atom. The lowest BCUT2D eigenvalue weighted by atomic mass is 10.2. The van der Waals surface area contributed by atoms with E-state index in [4.69, 9.17) is 0 Å². The molecule has 0 unspecified atom stereocenters. The third-order valence-corrected chi connectivity index (χ3v) is 2.89. The second-order valence-corrected chi connectivity index (χ2v) is 4.33. The number of aromatic nitrogens is 2. The molecule has 0 bridgehead atoms. The third kappa shape index (κ3) is 2.56. The van der Waals surface area contributed by atoms with Crippen molar-refractivity contribution in [3.8, 4) is 0 Å². The van der Waals surface area contributed by atoms with Crippen LogP contribution in [0.4, 0.5) is 14.5 Å². The summed E-state index contributed by atoms with van der Waals surface area (Å²) < 4.78 is 25.9. The lowest BCUT2D eigenvalue weighted by Crippen LogP contribution is -2.03. The van der Waals surface area contributed by atoms with E-state index in [1.807, 2.05) is 24.3 Å². The number of nitrogens with one attached hydrogen (secondary N) is 1. The Balaban J connectivity index is 1.77. The van der Waals surface area contributed by atoms with E-state index in [-0.39, 0.29) is 0 Å². The summed E-state index contributed by atoms with van der Waals surface area (Å²) in [7, 11) is 0. The summed E-state index contributed by atoms with van der Waals surface area (Å²) in [6, 6.07) is 11.2. The van der Waals surface area contributed by atoms with Crippen molar-refractivity contribution < 1.29 is 8.78 Å². The largest absolute Gasteiger partial charge is 0.379 e. The van der Waals surface area contributed by atoms with Crippen LogP contribution in [-0.2, 0) is 6.54 Å². The molecule has 0 radical (unpaired) electrons. The topological polar surface area (TPSA) is 37.8 Å². The molecule has 3 aromatic rings. The van der Waals surface area contributed by atoms with Crippen LogP contribution in [0.2, 0.25) is 0 Å². The van der Waals surface area contributed by atoms with Crippen LogP contribution in [-0.4, -0.2) is 9.97 Å². The SMILES string of the molecule is Fc1ccc(NCc2cnc3ccccc3n2)cc1F. The molecule has 2 aromatic carbocycles. The van der Waals surface area contributed by atoms with Gasteiger partial charge in [0.2, 0.25) is 0 Å². The quantitative estimate of drug-likeness (QED) is 0.792. The normalized spacial score (nSPS) is 10.7. The first-order valence-corrected chi connectivity index (χ1v) is 6.12.